The van der Waals surface area contributed by atoms with E-state index < -0.39 is 10.0 Å². The zero-order valence-corrected chi connectivity index (χ0v) is 18.9. The molecule has 2 aliphatic rings. The maximum atomic E-state index is 12.6. The number of anilines is 1. The molecule has 1 fully saturated rings. The summed E-state index contributed by atoms with van der Waals surface area (Å²) >= 11 is 5.93. The number of hydrogen-bond acceptors (Lipinski definition) is 6. The van der Waals surface area contributed by atoms with Gasteiger partial charge in [-0.2, -0.15) is 4.31 Å². The molecule has 8 nitrogen and oxygen atoms in total. The number of rotatable bonds is 7. The molecular weight excluding hydrogens is 454 g/mol. The van der Waals surface area contributed by atoms with Gasteiger partial charge < -0.3 is 19.7 Å². The molecule has 0 atom stereocenters. The molecule has 0 unspecified atom stereocenters. The van der Waals surface area contributed by atoms with Crippen LogP contribution in [0, 0.1) is 0 Å². The molecule has 4 rings (SSSR count). The molecule has 2 aromatic rings. The third-order valence-corrected chi connectivity index (χ3v) is 7.43. The van der Waals surface area contributed by atoms with E-state index in [9.17, 15) is 13.2 Å². The highest BCUT2D eigenvalue weighted by atomic mass is 35.5. The Balaban J connectivity index is 1.22. The first-order valence-corrected chi connectivity index (χ1v) is 12.2. The van der Waals surface area contributed by atoms with Crippen LogP contribution in [0.15, 0.2) is 48.5 Å². The average molecular weight is 478 g/mol. The summed E-state index contributed by atoms with van der Waals surface area (Å²) in [6, 6.07) is 12.9. The minimum atomic E-state index is -3.45. The van der Waals surface area contributed by atoms with Gasteiger partial charge in [0.2, 0.25) is 22.7 Å². The summed E-state index contributed by atoms with van der Waals surface area (Å²) in [7, 11) is -3.45. The van der Waals surface area contributed by atoms with E-state index in [4.69, 9.17) is 21.1 Å². The molecule has 2 heterocycles. The van der Waals surface area contributed by atoms with Crippen LogP contribution in [0.4, 0.5) is 5.69 Å². The number of carbonyl (C=O) groups is 1. The Labute approximate surface area is 192 Å². The molecule has 0 bridgehead atoms. The van der Waals surface area contributed by atoms with Gasteiger partial charge in [0.25, 0.3) is 0 Å². The van der Waals surface area contributed by atoms with Crippen LogP contribution >= 0.6 is 11.6 Å². The molecule has 2 aliphatic heterocycles. The number of amides is 1. The fourth-order valence-corrected chi connectivity index (χ4v) is 5.02. The minimum absolute atomic E-state index is 0.0457. The van der Waals surface area contributed by atoms with Crippen LogP contribution in [0.5, 0.6) is 11.5 Å². The van der Waals surface area contributed by atoms with Crippen LogP contribution in [0.1, 0.15) is 5.56 Å². The van der Waals surface area contributed by atoms with Gasteiger partial charge >= 0.3 is 0 Å². The first-order chi connectivity index (χ1) is 15.4. The highest BCUT2D eigenvalue weighted by Crippen LogP contribution is 2.32. The number of fused-ring (bicyclic) bond motifs is 1. The minimum Gasteiger partial charge on any atom is -0.454 e. The number of sulfonamides is 1. The van der Waals surface area contributed by atoms with Gasteiger partial charge in [0.1, 0.15) is 0 Å². The van der Waals surface area contributed by atoms with Crippen molar-refractivity contribution in [2.45, 2.75) is 0 Å². The number of halogens is 1. The Kier molecular flexibility index (Phi) is 6.88. The maximum Gasteiger partial charge on any atom is 0.244 e. The summed E-state index contributed by atoms with van der Waals surface area (Å²) < 4.78 is 37.3. The van der Waals surface area contributed by atoms with E-state index in [-0.39, 0.29) is 25.0 Å². The lowest BCUT2D eigenvalue weighted by Gasteiger charge is -2.35. The molecule has 1 N–H and O–H groups in total. The summed E-state index contributed by atoms with van der Waals surface area (Å²) in [5, 5.41) is 3.30. The van der Waals surface area contributed by atoms with Gasteiger partial charge in [0.05, 0.1) is 5.75 Å². The van der Waals surface area contributed by atoms with Crippen LogP contribution < -0.4 is 19.7 Å². The summed E-state index contributed by atoms with van der Waals surface area (Å²) in [6.45, 7) is 2.25. The molecule has 0 radical (unpaired) electrons. The first kappa shape index (κ1) is 22.4. The van der Waals surface area contributed by atoms with Crippen molar-refractivity contribution >= 4 is 39.3 Å². The molecular formula is C22H24ClN3O5S. The standard InChI is InChI=1S/C22H24ClN3O5S/c23-18-3-5-19(6-4-18)25-10-12-26(13-11-25)32(28,29)14-9-24-22(27)8-2-17-1-7-20-21(15-17)31-16-30-20/h1-8,15H,9-14,16H2,(H,24,27)/b8-2-. The fourth-order valence-electron chi connectivity index (χ4n) is 3.56. The maximum absolute atomic E-state index is 12.6. The Hall–Kier alpha value is -2.75. The summed E-state index contributed by atoms with van der Waals surface area (Å²) in [4.78, 5) is 14.2. The Morgan fingerprint density at radius 1 is 1.03 bits per heavy atom. The Morgan fingerprint density at radius 3 is 2.50 bits per heavy atom. The molecule has 10 heteroatoms. The van der Waals surface area contributed by atoms with E-state index in [2.05, 4.69) is 10.2 Å². The van der Waals surface area contributed by atoms with Crippen LogP contribution in [-0.4, -0.2) is 63.9 Å². The van der Waals surface area contributed by atoms with Gasteiger partial charge in [0, 0.05) is 49.5 Å². The molecule has 0 aromatic heterocycles. The predicted molar refractivity (Wildman–Crippen MR) is 124 cm³/mol. The SMILES string of the molecule is O=C(/C=C\c1ccc2c(c1)OCO2)NCCS(=O)(=O)N1CCN(c2ccc(Cl)cc2)CC1. The third-order valence-electron chi connectivity index (χ3n) is 5.31. The highest BCUT2D eigenvalue weighted by Gasteiger charge is 2.26. The number of benzene rings is 2. The molecule has 32 heavy (non-hydrogen) atoms. The van der Waals surface area contributed by atoms with Crippen molar-refractivity contribution in [1.82, 2.24) is 9.62 Å². The number of hydrogen-bond donors (Lipinski definition) is 1. The normalized spacial score (nSPS) is 16.5. The van der Waals surface area contributed by atoms with Crippen molar-refractivity contribution in [2.24, 2.45) is 0 Å². The Morgan fingerprint density at radius 2 is 1.75 bits per heavy atom. The summed E-state index contributed by atoms with van der Waals surface area (Å²) in [6.07, 6.45) is 3.01. The first-order valence-electron chi connectivity index (χ1n) is 10.2. The smallest absolute Gasteiger partial charge is 0.244 e. The molecule has 170 valence electrons. The van der Waals surface area contributed by atoms with Crippen molar-refractivity contribution in [3.05, 3.63) is 59.1 Å². The van der Waals surface area contributed by atoms with Gasteiger partial charge in [-0.05, 0) is 48.0 Å². The lowest BCUT2D eigenvalue weighted by atomic mass is 10.2. The zero-order chi connectivity index (χ0) is 22.6. The molecule has 0 aliphatic carbocycles. The number of piperazine rings is 1. The van der Waals surface area contributed by atoms with Crippen LogP contribution in [0.3, 0.4) is 0 Å². The van der Waals surface area contributed by atoms with E-state index in [0.717, 1.165) is 11.3 Å². The van der Waals surface area contributed by atoms with Gasteiger partial charge in [-0.25, -0.2) is 8.42 Å². The molecule has 1 saturated heterocycles. The topological polar surface area (TPSA) is 88.2 Å². The number of nitrogens with zero attached hydrogens (tertiary/aromatic N) is 2. The Bertz CT molecular complexity index is 1100. The van der Waals surface area contributed by atoms with E-state index in [1.54, 1.807) is 18.2 Å². The van der Waals surface area contributed by atoms with Gasteiger partial charge in [-0.3, -0.25) is 4.79 Å². The number of nitrogens with one attached hydrogen (secondary N) is 1. The molecule has 0 saturated carbocycles. The lowest BCUT2D eigenvalue weighted by Crippen LogP contribution is -2.50. The summed E-state index contributed by atoms with van der Waals surface area (Å²) in [5.74, 6) is 0.809. The predicted octanol–water partition coefficient (Wildman–Crippen LogP) is 2.35. The molecule has 0 spiro atoms. The second-order valence-corrected chi connectivity index (χ2v) is 9.94. The van der Waals surface area contributed by atoms with E-state index >= 15 is 0 Å². The molecule has 2 aromatic carbocycles. The van der Waals surface area contributed by atoms with Crippen molar-refractivity contribution < 1.29 is 22.7 Å². The van der Waals surface area contributed by atoms with Crippen molar-refractivity contribution in [3.63, 3.8) is 0 Å². The van der Waals surface area contributed by atoms with E-state index in [0.29, 0.717) is 42.7 Å². The van der Waals surface area contributed by atoms with Crippen molar-refractivity contribution in [2.75, 3.05) is 50.2 Å². The number of carbonyl (C=O) groups excluding carboxylic acids is 1. The lowest BCUT2D eigenvalue weighted by molar-refractivity contribution is -0.116. The quantitative estimate of drug-likeness (QED) is 0.616. The van der Waals surface area contributed by atoms with Crippen LogP contribution in [0.2, 0.25) is 5.02 Å². The van der Waals surface area contributed by atoms with Crippen molar-refractivity contribution in [1.29, 1.82) is 0 Å². The highest BCUT2D eigenvalue weighted by molar-refractivity contribution is 7.89. The average Bonchev–Trinajstić information content (AvgIpc) is 3.26. The second-order valence-electron chi connectivity index (χ2n) is 7.42. The summed E-state index contributed by atoms with van der Waals surface area (Å²) in [5.41, 5.74) is 1.81. The monoisotopic (exact) mass is 477 g/mol. The van der Waals surface area contributed by atoms with Gasteiger partial charge in [-0.15, -0.1) is 0 Å². The largest absolute Gasteiger partial charge is 0.454 e. The van der Waals surface area contributed by atoms with Crippen LogP contribution in [0.25, 0.3) is 6.08 Å². The third kappa shape index (κ3) is 5.53. The van der Waals surface area contributed by atoms with E-state index in [1.165, 1.54) is 10.4 Å². The van der Waals surface area contributed by atoms with Crippen LogP contribution in [-0.2, 0) is 14.8 Å². The fraction of sp³-hybridized carbons (Fsp3) is 0.318. The zero-order valence-electron chi connectivity index (χ0n) is 17.4. The van der Waals surface area contributed by atoms with Gasteiger partial charge in [0.15, 0.2) is 11.5 Å². The van der Waals surface area contributed by atoms with Gasteiger partial charge in [-0.1, -0.05) is 17.7 Å². The number of ether oxygens (including phenoxy) is 2. The van der Waals surface area contributed by atoms with Crippen molar-refractivity contribution in [3.8, 4) is 11.5 Å². The molecule has 1 amide bonds. The second kappa shape index (κ2) is 9.81. The van der Waals surface area contributed by atoms with E-state index in [1.807, 2.05) is 30.3 Å².